The number of aliphatic hydroxyl groups excluding tert-OH is 1. The van der Waals surface area contributed by atoms with Crippen LogP contribution in [0, 0.1) is 0 Å². The molecular formula is C25H26N4O3. The van der Waals surface area contributed by atoms with Crippen LogP contribution >= 0.6 is 0 Å². The van der Waals surface area contributed by atoms with E-state index in [0.29, 0.717) is 17.9 Å². The molecular weight excluding hydrogens is 404 g/mol. The summed E-state index contributed by atoms with van der Waals surface area (Å²) in [6.45, 7) is 3.85. The first-order valence-electron chi connectivity index (χ1n) is 10.6. The van der Waals surface area contributed by atoms with Gasteiger partial charge in [0.1, 0.15) is 22.5 Å². The Labute approximate surface area is 186 Å². The van der Waals surface area contributed by atoms with Crippen molar-refractivity contribution in [2.75, 3.05) is 18.1 Å². The molecule has 0 saturated heterocycles. The van der Waals surface area contributed by atoms with Gasteiger partial charge in [0, 0.05) is 18.3 Å². The SMILES string of the molecule is CC(C)N(C(=O)COc1ccc(CCO)cc1-n1nc2ccccc2n1)c1ccccc1. The summed E-state index contributed by atoms with van der Waals surface area (Å²) in [5.74, 6) is 0.354. The Hall–Kier alpha value is -3.71. The smallest absolute Gasteiger partial charge is 0.265 e. The predicted molar refractivity (Wildman–Crippen MR) is 124 cm³/mol. The molecule has 0 radical (unpaired) electrons. The number of hydrogen-bond donors (Lipinski definition) is 1. The number of fused-ring (bicyclic) bond motifs is 1. The largest absolute Gasteiger partial charge is 0.481 e. The molecule has 0 bridgehead atoms. The lowest BCUT2D eigenvalue weighted by atomic mass is 10.1. The summed E-state index contributed by atoms with van der Waals surface area (Å²) in [7, 11) is 0. The molecule has 1 aromatic heterocycles. The molecule has 7 nitrogen and oxygen atoms in total. The average Bonchev–Trinajstić information content (AvgIpc) is 3.23. The number of anilines is 1. The van der Waals surface area contributed by atoms with Gasteiger partial charge in [-0.05, 0) is 62.2 Å². The number of carbonyl (C=O) groups is 1. The molecule has 0 aliphatic carbocycles. The van der Waals surface area contributed by atoms with Crippen LogP contribution in [0.15, 0.2) is 72.8 Å². The zero-order valence-electron chi connectivity index (χ0n) is 18.2. The van der Waals surface area contributed by atoms with Crippen LogP contribution in [0.5, 0.6) is 5.75 Å². The normalized spacial score (nSPS) is 11.1. The van der Waals surface area contributed by atoms with Gasteiger partial charge in [-0.25, -0.2) is 0 Å². The standard InChI is InChI=1S/C25H26N4O3/c1-18(2)28(20-8-4-3-5-9-20)25(31)17-32-24-13-12-19(14-15-30)16-23(24)29-26-21-10-6-7-11-22(21)27-29/h3-13,16,18,30H,14-15,17H2,1-2H3. The molecule has 4 rings (SSSR count). The highest BCUT2D eigenvalue weighted by molar-refractivity contribution is 5.95. The van der Waals surface area contributed by atoms with Gasteiger partial charge in [-0.3, -0.25) is 4.79 Å². The quantitative estimate of drug-likeness (QED) is 0.460. The van der Waals surface area contributed by atoms with E-state index >= 15 is 0 Å². The van der Waals surface area contributed by atoms with E-state index in [1.165, 1.54) is 4.80 Å². The van der Waals surface area contributed by atoms with E-state index in [-0.39, 0.29) is 25.2 Å². The van der Waals surface area contributed by atoms with Crippen LogP contribution < -0.4 is 9.64 Å². The Morgan fingerprint density at radius 1 is 1.00 bits per heavy atom. The summed E-state index contributed by atoms with van der Waals surface area (Å²) in [6.07, 6.45) is 0.502. The minimum atomic E-state index is -0.143. The lowest BCUT2D eigenvalue weighted by Gasteiger charge is -2.27. The summed E-state index contributed by atoms with van der Waals surface area (Å²) >= 11 is 0. The molecule has 0 aliphatic rings. The van der Waals surface area contributed by atoms with Gasteiger partial charge in [-0.1, -0.05) is 36.4 Å². The predicted octanol–water partition coefficient (Wildman–Crippen LogP) is 3.78. The summed E-state index contributed by atoms with van der Waals surface area (Å²) in [4.78, 5) is 16.3. The lowest BCUT2D eigenvalue weighted by Crippen LogP contribution is -2.40. The number of rotatable bonds is 8. The van der Waals surface area contributed by atoms with Crippen molar-refractivity contribution in [2.24, 2.45) is 0 Å². The zero-order valence-corrected chi connectivity index (χ0v) is 18.2. The molecule has 1 amide bonds. The van der Waals surface area contributed by atoms with Crippen LogP contribution in [-0.4, -0.2) is 45.3 Å². The highest BCUT2D eigenvalue weighted by Gasteiger charge is 2.20. The second-order valence-corrected chi connectivity index (χ2v) is 7.74. The Morgan fingerprint density at radius 2 is 1.66 bits per heavy atom. The summed E-state index contributed by atoms with van der Waals surface area (Å²) in [5.41, 5.74) is 3.90. The first-order valence-corrected chi connectivity index (χ1v) is 10.6. The maximum Gasteiger partial charge on any atom is 0.265 e. The third kappa shape index (κ3) is 4.63. The van der Waals surface area contributed by atoms with Crippen molar-refractivity contribution in [2.45, 2.75) is 26.3 Å². The first kappa shape index (κ1) is 21.5. The number of hydrogen-bond acceptors (Lipinski definition) is 5. The van der Waals surface area contributed by atoms with Crippen molar-refractivity contribution in [3.05, 3.63) is 78.4 Å². The highest BCUT2D eigenvalue weighted by Crippen LogP contribution is 2.26. The van der Waals surface area contributed by atoms with Gasteiger partial charge in [0.25, 0.3) is 5.91 Å². The molecule has 1 heterocycles. The van der Waals surface area contributed by atoms with Crippen molar-refractivity contribution in [1.82, 2.24) is 15.0 Å². The molecule has 1 N–H and O–H groups in total. The Morgan fingerprint density at radius 3 is 2.28 bits per heavy atom. The van der Waals surface area contributed by atoms with Crippen LogP contribution in [0.3, 0.4) is 0 Å². The van der Waals surface area contributed by atoms with E-state index in [2.05, 4.69) is 10.2 Å². The monoisotopic (exact) mass is 430 g/mol. The van der Waals surface area contributed by atoms with Crippen LogP contribution in [-0.2, 0) is 11.2 Å². The third-order valence-corrected chi connectivity index (χ3v) is 5.10. The fourth-order valence-electron chi connectivity index (χ4n) is 3.62. The molecule has 0 spiro atoms. The van der Waals surface area contributed by atoms with Crippen LogP contribution in [0.2, 0.25) is 0 Å². The number of para-hydroxylation sites is 1. The van der Waals surface area contributed by atoms with Crippen LogP contribution in [0.1, 0.15) is 19.4 Å². The average molecular weight is 431 g/mol. The lowest BCUT2D eigenvalue weighted by molar-refractivity contribution is -0.120. The van der Waals surface area contributed by atoms with E-state index in [4.69, 9.17) is 4.74 Å². The van der Waals surface area contributed by atoms with Gasteiger partial charge < -0.3 is 14.7 Å². The summed E-state index contributed by atoms with van der Waals surface area (Å²) in [5, 5.41) is 18.4. The summed E-state index contributed by atoms with van der Waals surface area (Å²) in [6, 6.07) is 22.7. The molecule has 164 valence electrons. The fourth-order valence-corrected chi connectivity index (χ4v) is 3.62. The van der Waals surface area contributed by atoms with Gasteiger partial charge in [0.2, 0.25) is 0 Å². The number of aliphatic hydroxyl groups is 1. The molecule has 4 aromatic rings. The van der Waals surface area contributed by atoms with E-state index in [1.54, 1.807) is 11.0 Å². The van der Waals surface area contributed by atoms with Gasteiger partial charge >= 0.3 is 0 Å². The zero-order chi connectivity index (χ0) is 22.5. The van der Waals surface area contributed by atoms with Gasteiger partial charge in [0.05, 0.1) is 0 Å². The molecule has 0 saturated carbocycles. The van der Waals surface area contributed by atoms with Crippen molar-refractivity contribution >= 4 is 22.6 Å². The molecule has 7 heteroatoms. The van der Waals surface area contributed by atoms with Crippen molar-refractivity contribution in [1.29, 1.82) is 0 Å². The molecule has 0 aliphatic heterocycles. The van der Waals surface area contributed by atoms with E-state index in [1.807, 2.05) is 80.6 Å². The highest BCUT2D eigenvalue weighted by atomic mass is 16.5. The van der Waals surface area contributed by atoms with Crippen molar-refractivity contribution in [3.63, 3.8) is 0 Å². The van der Waals surface area contributed by atoms with Crippen LogP contribution in [0.4, 0.5) is 5.69 Å². The van der Waals surface area contributed by atoms with Gasteiger partial charge in [-0.2, -0.15) is 0 Å². The minimum absolute atomic E-state index is 0.0158. The Kier molecular flexibility index (Phi) is 6.47. The van der Waals surface area contributed by atoms with Crippen molar-refractivity contribution < 1.29 is 14.6 Å². The number of aromatic nitrogens is 3. The maximum atomic E-state index is 13.0. The number of nitrogens with zero attached hydrogens (tertiary/aromatic N) is 4. The number of amides is 1. The maximum absolute atomic E-state index is 13.0. The second-order valence-electron chi connectivity index (χ2n) is 7.74. The Balaban J connectivity index is 1.62. The van der Waals surface area contributed by atoms with E-state index < -0.39 is 0 Å². The van der Waals surface area contributed by atoms with Crippen molar-refractivity contribution in [3.8, 4) is 11.4 Å². The topological polar surface area (TPSA) is 80.5 Å². The molecule has 0 fully saturated rings. The van der Waals surface area contributed by atoms with E-state index in [9.17, 15) is 9.90 Å². The van der Waals surface area contributed by atoms with Crippen LogP contribution in [0.25, 0.3) is 16.7 Å². The fraction of sp³-hybridized carbons (Fsp3) is 0.240. The number of carbonyl (C=O) groups excluding carboxylic acids is 1. The van der Waals surface area contributed by atoms with Gasteiger partial charge in [-0.15, -0.1) is 15.0 Å². The molecule has 0 unspecified atom stereocenters. The molecule has 3 aromatic carbocycles. The second kappa shape index (κ2) is 9.62. The Bertz CT molecular complexity index is 1170. The first-order chi connectivity index (χ1) is 15.6. The van der Waals surface area contributed by atoms with Gasteiger partial charge in [0.15, 0.2) is 6.61 Å². The summed E-state index contributed by atoms with van der Waals surface area (Å²) < 4.78 is 5.98. The third-order valence-electron chi connectivity index (χ3n) is 5.10. The van der Waals surface area contributed by atoms with E-state index in [0.717, 1.165) is 22.3 Å². The minimum Gasteiger partial charge on any atom is -0.481 e. The molecule has 0 atom stereocenters. The molecule has 32 heavy (non-hydrogen) atoms. The number of ether oxygens (including phenoxy) is 1. The number of benzene rings is 3.